The molecule has 1 aromatic rings. The number of amides is 1. The summed E-state index contributed by atoms with van der Waals surface area (Å²) in [6, 6.07) is 0. The first kappa shape index (κ1) is 16.4. The average Bonchev–Trinajstić information content (AvgIpc) is 2.60. The number of aryl methyl sites for hydroxylation is 1. The second-order valence-electron chi connectivity index (χ2n) is 6.46. The Morgan fingerprint density at radius 1 is 1.35 bits per heavy atom. The Morgan fingerprint density at radius 3 is 2.50 bits per heavy atom. The van der Waals surface area contributed by atoms with E-state index in [4.69, 9.17) is 4.74 Å². The summed E-state index contributed by atoms with van der Waals surface area (Å²) in [5.74, 6) is 0. The highest BCUT2D eigenvalue weighted by Gasteiger charge is 2.24. The lowest BCUT2D eigenvalue weighted by Gasteiger charge is -2.28. The van der Waals surface area contributed by atoms with Crippen molar-refractivity contribution in [2.75, 3.05) is 6.54 Å². The molecule has 1 amide bonds. The minimum atomic E-state index is -0.492. The van der Waals surface area contributed by atoms with Crippen molar-refractivity contribution in [1.29, 1.82) is 0 Å². The molecule has 0 unspecified atom stereocenters. The van der Waals surface area contributed by atoms with Crippen LogP contribution >= 0.6 is 0 Å². The number of nitrogens with one attached hydrogen (secondary N) is 2. The molecule has 20 heavy (non-hydrogen) atoms. The highest BCUT2D eigenvalue weighted by Crippen LogP contribution is 2.09. The molecular formula is C13H25N5O2. The van der Waals surface area contributed by atoms with Gasteiger partial charge in [0.2, 0.25) is 0 Å². The monoisotopic (exact) mass is 283 g/mol. The third-order valence-corrected chi connectivity index (χ3v) is 2.52. The Bertz CT molecular complexity index is 448. The molecule has 0 saturated heterocycles. The van der Waals surface area contributed by atoms with Crippen molar-refractivity contribution in [1.82, 2.24) is 25.6 Å². The van der Waals surface area contributed by atoms with Crippen LogP contribution in [0.25, 0.3) is 0 Å². The fourth-order valence-electron chi connectivity index (χ4n) is 1.60. The van der Waals surface area contributed by atoms with E-state index in [1.54, 1.807) is 10.9 Å². The van der Waals surface area contributed by atoms with Gasteiger partial charge in [0, 0.05) is 20.1 Å². The molecule has 1 rings (SSSR count). The molecule has 0 aromatic carbocycles. The Kier molecular flexibility index (Phi) is 5.10. The molecule has 114 valence electrons. The third-order valence-electron chi connectivity index (χ3n) is 2.52. The molecule has 0 radical (unpaired) electrons. The van der Waals surface area contributed by atoms with Crippen molar-refractivity contribution < 1.29 is 9.53 Å². The second kappa shape index (κ2) is 6.21. The molecular weight excluding hydrogens is 258 g/mol. The number of aromatic nitrogens is 3. The van der Waals surface area contributed by atoms with Gasteiger partial charge in [-0.3, -0.25) is 4.68 Å². The normalized spacial score (nSPS) is 12.3. The van der Waals surface area contributed by atoms with Gasteiger partial charge in [-0.1, -0.05) is 5.21 Å². The number of hydrogen-bond acceptors (Lipinski definition) is 5. The number of nitrogens with zero attached hydrogens (tertiary/aromatic N) is 3. The van der Waals surface area contributed by atoms with Gasteiger partial charge >= 0.3 is 6.09 Å². The van der Waals surface area contributed by atoms with E-state index >= 15 is 0 Å². The minimum Gasteiger partial charge on any atom is -0.444 e. The summed E-state index contributed by atoms with van der Waals surface area (Å²) in [4.78, 5) is 11.7. The van der Waals surface area contributed by atoms with Gasteiger partial charge in [0.05, 0.1) is 17.4 Å². The van der Waals surface area contributed by atoms with Crippen LogP contribution in [0.4, 0.5) is 4.79 Å². The van der Waals surface area contributed by atoms with Crippen LogP contribution in [-0.4, -0.2) is 38.8 Å². The van der Waals surface area contributed by atoms with Gasteiger partial charge in [0.25, 0.3) is 0 Å². The van der Waals surface area contributed by atoms with Gasteiger partial charge < -0.3 is 15.4 Å². The molecule has 0 atom stereocenters. The van der Waals surface area contributed by atoms with Gasteiger partial charge in [-0.2, -0.15) is 0 Å². The van der Waals surface area contributed by atoms with Crippen molar-refractivity contribution in [3.63, 3.8) is 0 Å². The second-order valence-corrected chi connectivity index (χ2v) is 6.46. The van der Waals surface area contributed by atoms with E-state index in [9.17, 15) is 4.79 Å². The van der Waals surface area contributed by atoms with E-state index in [1.807, 2.05) is 41.7 Å². The van der Waals surface area contributed by atoms with Crippen molar-refractivity contribution in [3.05, 3.63) is 11.9 Å². The maximum atomic E-state index is 11.7. The number of ether oxygens (including phenoxy) is 1. The standard InChI is InChI=1S/C13H25N5O2/c1-12(2,3)20-11(19)16-13(4,5)9-14-7-10-8-15-17-18(10)6/h8,14H,7,9H2,1-6H3,(H,16,19). The van der Waals surface area contributed by atoms with Crippen LogP contribution in [-0.2, 0) is 18.3 Å². The summed E-state index contributed by atoms with van der Waals surface area (Å²) < 4.78 is 6.95. The van der Waals surface area contributed by atoms with Crippen molar-refractivity contribution >= 4 is 6.09 Å². The quantitative estimate of drug-likeness (QED) is 0.849. The van der Waals surface area contributed by atoms with Crippen LogP contribution in [0.1, 0.15) is 40.3 Å². The van der Waals surface area contributed by atoms with Crippen molar-refractivity contribution in [2.24, 2.45) is 7.05 Å². The molecule has 7 nitrogen and oxygen atoms in total. The molecule has 0 aliphatic carbocycles. The highest BCUT2D eigenvalue weighted by molar-refractivity contribution is 5.68. The van der Waals surface area contributed by atoms with E-state index < -0.39 is 17.2 Å². The van der Waals surface area contributed by atoms with Gasteiger partial charge in [-0.05, 0) is 34.6 Å². The first-order valence-corrected chi connectivity index (χ1v) is 6.64. The van der Waals surface area contributed by atoms with Crippen molar-refractivity contribution in [2.45, 2.75) is 52.3 Å². The predicted molar refractivity (Wildman–Crippen MR) is 76.2 cm³/mol. The average molecular weight is 283 g/mol. The molecule has 0 bridgehead atoms. The van der Waals surface area contributed by atoms with Gasteiger partial charge in [-0.25, -0.2) is 4.79 Å². The van der Waals surface area contributed by atoms with Crippen LogP contribution < -0.4 is 10.6 Å². The SMILES string of the molecule is Cn1nncc1CNCC(C)(C)NC(=O)OC(C)(C)C. The zero-order chi connectivity index (χ0) is 15.4. The minimum absolute atomic E-state index is 0.408. The van der Waals surface area contributed by atoms with Gasteiger partial charge in [-0.15, -0.1) is 5.10 Å². The van der Waals surface area contributed by atoms with Gasteiger partial charge in [0.15, 0.2) is 0 Å². The summed E-state index contributed by atoms with van der Waals surface area (Å²) in [6.45, 7) is 10.6. The summed E-state index contributed by atoms with van der Waals surface area (Å²) in [5, 5.41) is 13.8. The molecule has 0 aliphatic heterocycles. The third kappa shape index (κ3) is 6.01. The number of alkyl carbamates (subject to hydrolysis) is 1. The zero-order valence-electron chi connectivity index (χ0n) is 13.1. The van der Waals surface area contributed by atoms with E-state index in [-0.39, 0.29) is 0 Å². The van der Waals surface area contributed by atoms with E-state index in [0.717, 1.165) is 5.69 Å². The van der Waals surface area contributed by atoms with Crippen LogP contribution in [0, 0.1) is 0 Å². The number of rotatable bonds is 5. The predicted octanol–water partition coefficient (Wildman–Crippen LogP) is 1.21. The lowest BCUT2D eigenvalue weighted by Crippen LogP contribution is -2.51. The van der Waals surface area contributed by atoms with Crippen LogP contribution in [0.3, 0.4) is 0 Å². The van der Waals surface area contributed by atoms with Crippen LogP contribution in [0.2, 0.25) is 0 Å². The molecule has 1 heterocycles. The van der Waals surface area contributed by atoms with Crippen LogP contribution in [0.5, 0.6) is 0 Å². The Balaban J connectivity index is 2.38. The molecule has 0 aliphatic rings. The van der Waals surface area contributed by atoms with Crippen LogP contribution in [0.15, 0.2) is 6.20 Å². The van der Waals surface area contributed by atoms with E-state index in [1.165, 1.54) is 0 Å². The summed E-state index contributed by atoms with van der Waals surface area (Å²) >= 11 is 0. The fourth-order valence-corrected chi connectivity index (χ4v) is 1.60. The smallest absolute Gasteiger partial charge is 0.408 e. The lowest BCUT2D eigenvalue weighted by molar-refractivity contribution is 0.0472. The first-order valence-electron chi connectivity index (χ1n) is 6.64. The number of carbonyl (C=O) groups is 1. The maximum absolute atomic E-state index is 11.7. The largest absolute Gasteiger partial charge is 0.444 e. The first-order chi connectivity index (χ1) is 9.09. The molecule has 7 heteroatoms. The molecule has 2 N–H and O–H groups in total. The molecule has 0 spiro atoms. The number of carbonyl (C=O) groups excluding carboxylic acids is 1. The highest BCUT2D eigenvalue weighted by atomic mass is 16.6. The lowest BCUT2D eigenvalue weighted by atomic mass is 10.1. The summed E-state index contributed by atoms with van der Waals surface area (Å²) in [7, 11) is 1.84. The van der Waals surface area contributed by atoms with E-state index in [0.29, 0.717) is 13.1 Å². The molecule has 0 fully saturated rings. The summed E-state index contributed by atoms with van der Waals surface area (Å²) in [5.41, 5.74) is 0.0839. The van der Waals surface area contributed by atoms with Gasteiger partial charge in [0.1, 0.15) is 5.60 Å². The molecule has 0 saturated carbocycles. The number of hydrogen-bond donors (Lipinski definition) is 2. The Morgan fingerprint density at radius 2 is 2.00 bits per heavy atom. The van der Waals surface area contributed by atoms with E-state index in [2.05, 4.69) is 20.9 Å². The van der Waals surface area contributed by atoms with Crippen molar-refractivity contribution in [3.8, 4) is 0 Å². The topological polar surface area (TPSA) is 81.1 Å². The molecule has 1 aromatic heterocycles. The maximum Gasteiger partial charge on any atom is 0.408 e. The Hall–Kier alpha value is -1.63. The zero-order valence-corrected chi connectivity index (χ0v) is 13.1. The fraction of sp³-hybridized carbons (Fsp3) is 0.769. The Labute approximate surface area is 120 Å². The summed E-state index contributed by atoms with van der Waals surface area (Å²) in [6.07, 6.45) is 1.30.